The summed E-state index contributed by atoms with van der Waals surface area (Å²) in [4.78, 5) is 16.6. The van der Waals surface area contributed by atoms with Crippen molar-refractivity contribution in [2.45, 2.75) is 6.61 Å². The first-order valence-corrected chi connectivity index (χ1v) is 9.10. The Balaban J connectivity index is 1.75. The van der Waals surface area contributed by atoms with E-state index in [-0.39, 0.29) is 6.61 Å². The van der Waals surface area contributed by atoms with Crippen LogP contribution in [0.15, 0.2) is 60.2 Å². The molecular formula is C19H14ClN3O2S. The average Bonchev–Trinajstić information content (AvgIpc) is 3.23. The number of imidazole rings is 1. The van der Waals surface area contributed by atoms with E-state index in [2.05, 4.69) is 4.98 Å². The number of amides is 1. The number of rotatable bonds is 5. The van der Waals surface area contributed by atoms with Crippen molar-refractivity contribution in [1.29, 1.82) is 0 Å². The number of carbonyl (C=O) groups excluding carboxylic acids is 1. The molecule has 0 saturated heterocycles. The molecule has 0 aliphatic carbocycles. The van der Waals surface area contributed by atoms with Gasteiger partial charge in [0.05, 0.1) is 11.0 Å². The molecule has 0 fully saturated rings. The van der Waals surface area contributed by atoms with Crippen LogP contribution in [0.2, 0.25) is 5.02 Å². The van der Waals surface area contributed by atoms with E-state index >= 15 is 0 Å². The smallest absolute Gasteiger partial charge is 0.262 e. The molecule has 4 rings (SSSR count). The van der Waals surface area contributed by atoms with Crippen LogP contribution in [0.3, 0.4) is 0 Å². The summed E-state index contributed by atoms with van der Waals surface area (Å²) >= 11 is 7.28. The Morgan fingerprint density at radius 2 is 2.08 bits per heavy atom. The van der Waals surface area contributed by atoms with E-state index in [9.17, 15) is 4.79 Å². The Morgan fingerprint density at radius 3 is 2.88 bits per heavy atom. The Kier molecular flexibility index (Phi) is 4.36. The highest BCUT2D eigenvalue weighted by Gasteiger charge is 2.20. The van der Waals surface area contributed by atoms with Gasteiger partial charge in [-0.25, -0.2) is 4.98 Å². The molecular weight excluding hydrogens is 370 g/mol. The van der Waals surface area contributed by atoms with Gasteiger partial charge < -0.3 is 10.5 Å². The zero-order valence-corrected chi connectivity index (χ0v) is 15.1. The predicted octanol–water partition coefficient (Wildman–Crippen LogP) is 4.42. The van der Waals surface area contributed by atoms with Gasteiger partial charge in [-0.05, 0) is 29.8 Å². The number of hydrogen-bond donors (Lipinski definition) is 1. The van der Waals surface area contributed by atoms with Gasteiger partial charge in [-0.1, -0.05) is 35.9 Å². The number of nitrogens with two attached hydrogens (primary N) is 1. The van der Waals surface area contributed by atoms with E-state index < -0.39 is 5.91 Å². The van der Waals surface area contributed by atoms with E-state index in [1.54, 1.807) is 12.4 Å². The molecule has 2 N–H and O–H groups in total. The molecule has 0 unspecified atom stereocenters. The van der Waals surface area contributed by atoms with Crippen LogP contribution < -0.4 is 10.5 Å². The van der Waals surface area contributed by atoms with Crippen LogP contribution in [0, 0.1) is 0 Å². The van der Waals surface area contributed by atoms with Crippen LogP contribution >= 0.6 is 22.9 Å². The minimum atomic E-state index is -0.522. The first kappa shape index (κ1) is 16.6. The first-order valence-electron chi connectivity index (χ1n) is 7.84. The van der Waals surface area contributed by atoms with Gasteiger partial charge in [-0.15, -0.1) is 11.3 Å². The number of primary amides is 1. The van der Waals surface area contributed by atoms with E-state index in [0.717, 1.165) is 22.3 Å². The summed E-state index contributed by atoms with van der Waals surface area (Å²) in [6.45, 7) is 0.275. The number of carbonyl (C=O) groups is 1. The summed E-state index contributed by atoms with van der Waals surface area (Å²) < 4.78 is 7.88. The van der Waals surface area contributed by atoms with E-state index in [1.165, 1.54) is 11.3 Å². The molecule has 0 spiro atoms. The van der Waals surface area contributed by atoms with Crippen LogP contribution in [0.1, 0.15) is 15.2 Å². The second-order valence-corrected chi connectivity index (χ2v) is 6.98. The maximum Gasteiger partial charge on any atom is 0.262 e. The number of ether oxygens (including phenoxy) is 1. The maximum atomic E-state index is 11.8. The summed E-state index contributed by atoms with van der Waals surface area (Å²) in [6.07, 6.45) is 1.71. The van der Waals surface area contributed by atoms with Gasteiger partial charge in [0.2, 0.25) is 0 Å². The summed E-state index contributed by atoms with van der Waals surface area (Å²) in [6, 6.07) is 15.2. The van der Waals surface area contributed by atoms with E-state index in [1.807, 2.05) is 52.4 Å². The van der Waals surface area contributed by atoms with Crippen molar-refractivity contribution in [2.75, 3.05) is 0 Å². The number of thiophene rings is 1. The van der Waals surface area contributed by atoms with Crippen molar-refractivity contribution in [1.82, 2.24) is 9.55 Å². The molecule has 2 aromatic heterocycles. The highest BCUT2D eigenvalue weighted by atomic mass is 35.5. The topological polar surface area (TPSA) is 70.1 Å². The molecule has 2 aromatic carbocycles. The van der Waals surface area contributed by atoms with Crippen molar-refractivity contribution in [2.24, 2.45) is 5.73 Å². The third kappa shape index (κ3) is 3.05. The molecule has 0 aliphatic heterocycles. The third-order valence-corrected chi connectivity index (χ3v) is 5.13. The molecule has 0 saturated carbocycles. The molecule has 26 heavy (non-hydrogen) atoms. The zero-order valence-electron chi connectivity index (χ0n) is 13.6. The van der Waals surface area contributed by atoms with Gasteiger partial charge in [0, 0.05) is 10.4 Å². The summed E-state index contributed by atoms with van der Waals surface area (Å²) in [5.41, 5.74) is 8.96. The number of halogens is 1. The minimum Gasteiger partial charge on any atom is -0.485 e. The van der Waals surface area contributed by atoms with Crippen LogP contribution in [0.5, 0.6) is 5.75 Å². The quantitative estimate of drug-likeness (QED) is 0.554. The lowest BCUT2D eigenvalue weighted by atomic mass is 10.2. The fraction of sp³-hybridized carbons (Fsp3) is 0.0526. The number of aromatic nitrogens is 2. The van der Waals surface area contributed by atoms with E-state index in [0.29, 0.717) is 15.6 Å². The molecule has 7 heteroatoms. The van der Waals surface area contributed by atoms with Crippen LogP contribution in [-0.2, 0) is 6.61 Å². The minimum absolute atomic E-state index is 0.275. The van der Waals surface area contributed by atoms with Gasteiger partial charge in [0.1, 0.15) is 23.5 Å². The standard InChI is InChI=1S/C19H14ClN3O2S/c20-13-5-3-4-12(8-13)9-25-17-16(10-26-18(17)19(21)24)23-11-22-14-6-1-2-7-15(14)23/h1-8,10-11H,9H2,(H2,21,24). The van der Waals surface area contributed by atoms with Crippen LogP contribution in [0.4, 0.5) is 0 Å². The Bertz CT molecular complexity index is 1100. The molecule has 0 radical (unpaired) electrons. The van der Waals surface area contributed by atoms with Gasteiger partial charge in [-0.2, -0.15) is 0 Å². The molecule has 0 bridgehead atoms. The molecule has 0 aliphatic rings. The number of para-hydroxylation sites is 2. The lowest BCUT2D eigenvalue weighted by Crippen LogP contribution is -2.11. The van der Waals surface area contributed by atoms with Crippen molar-refractivity contribution in [3.05, 3.63) is 75.7 Å². The Hall–Kier alpha value is -2.83. The molecule has 2 heterocycles. The molecule has 4 aromatic rings. The highest BCUT2D eigenvalue weighted by Crippen LogP contribution is 2.35. The molecule has 5 nitrogen and oxygen atoms in total. The van der Waals surface area contributed by atoms with Crippen molar-refractivity contribution >= 4 is 39.9 Å². The molecule has 130 valence electrons. The van der Waals surface area contributed by atoms with E-state index in [4.69, 9.17) is 22.1 Å². The number of hydrogen-bond acceptors (Lipinski definition) is 4. The van der Waals surface area contributed by atoms with Crippen molar-refractivity contribution < 1.29 is 9.53 Å². The first-order chi connectivity index (χ1) is 12.6. The van der Waals surface area contributed by atoms with Crippen LogP contribution in [0.25, 0.3) is 16.7 Å². The zero-order chi connectivity index (χ0) is 18.1. The maximum absolute atomic E-state index is 11.8. The summed E-state index contributed by atoms with van der Waals surface area (Å²) in [7, 11) is 0. The average molecular weight is 384 g/mol. The van der Waals surface area contributed by atoms with Crippen molar-refractivity contribution in [3.8, 4) is 11.4 Å². The SMILES string of the molecule is NC(=O)c1scc(-n2cnc3ccccc32)c1OCc1cccc(Cl)c1. The Morgan fingerprint density at radius 1 is 1.23 bits per heavy atom. The third-order valence-electron chi connectivity index (χ3n) is 3.94. The molecule has 0 atom stereocenters. The van der Waals surface area contributed by atoms with Crippen molar-refractivity contribution in [3.63, 3.8) is 0 Å². The second kappa shape index (κ2) is 6.82. The van der Waals surface area contributed by atoms with Gasteiger partial charge in [0.15, 0.2) is 5.75 Å². The molecule has 1 amide bonds. The van der Waals surface area contributed by atoms with Crippen LogP contribution in [-0.4, -0.2) is 15.5 Å². The van der Waals surface area contributed by atoms with Gasteiger partial charge >= 0.3 is 0 Å². The lowest BCUT2D eigenvalue weighted by Gasteiger charge is -2.11. The number of benzene rings is 2. The number of nitrogens with zero attached hydrogens (tertiary/aromatic N) is 2. The number of fused-ring (bicyclic) bond motifs is 1. The normalized spacial score (nSPS) is 11.0. The monoisotopic (exact) mass is 383 g/mol. The van der Waals surface area contributed by atoms with Gasteiger partial charge in [-0.3, -0.25) is 9.36 Å². The predicted molar refractivity (Wildman–Crippen MR) is 103 cm³/mol. The largest absolute Gasteiger partial charge is 0.485 e. The summed E-state index contributed by atoms with van der Waals surface area (Å²) in [5, 5.41) is 2.48. The Labute approximate surface area is 158 Å². The van der Waals surface area contributed by atoms with Gasteiger partial charge in [0.25, 0.3) is 5.91 Å². The fourth-order valence-corrected chi connectivity index (χ4v) is 3.80. The summed E-state index contributed by atoms with van der Waals surface area (Å²) in [5.74, 6) is -0.0719. The lowest BCUT2D eigenvalue weighted by molar-refractivity contribution is 0.1000. The fourth-order valence-electron chi connectivity index (χ4n) is 2.75. The highest BCUT2D eigenvalue weighted by molar-refractivity contribution is 7.12. The second-order valence-electron chi connectivity index (χ2n) is 5.67.